The first-order chi connectivity index (χ1) is 21.1. The van der Waals surface area contributed by atoms with E-state index in [9.17, 15) is 4.79 Å². The van der Waals surface area contributed by atoms with E-state index in [-0.39, 0.29) is 25.2 Å². The molecule has 1 fully saturated rings. The lowest BCUT2D eigenvalue weighted by Gasteiger charge is -2.30. The Morgan fingerprint density at radius 1 is 0.953 bits per heavy atom. The number of rotatable bonds is 6. The summed E-state index contributed by atoms with van der Waals surface area (Å²) in [7, 11) is 0. The molecule has 0 radical (unpaired) electrons. The molecule has 1 aromatic heterocycles. The van der Waals surface area contributed by atoms with Crippen molar-refractivity contribution in [1.82, 2.24) is 15.0 Å². The van der Waals surface area contributed by atoms with Gasteiger partial charge in [-0.3, -0.25) is 4.90 Å². The largest absolute Gasteiger partial charge is 0.487 e. The lowest BCUT2D eigenvalue weighted by atomic mass is 9.82. The number of aromatic nitrogens is 2. The Balaban J connectivity index is 1.27. The quantitative estimate of drug-likeness (QED) is 0.257. The number of imidazole rings is 1. The van der Waals surface area contributed by atoms with Crippen LogP contribution in [-0.4, -0.2) is 46.0 Å². The maximum atomic E-state index is 14.7. The number of nitrogens with one attached hydrogen (secondary N) is 2. The van der Waals surface area contributed by atoms with Crippen molar-refractivity contribution in [2.45, 2.75) is 51.6 Å². The Morgan fingerprint density at radius 2 is 1.70 bits per heavy atom. The Hall–Kier alpha value is -4.79. The molecule has 9 nitrogen and oxygen atoms in total. The Bertz CT molecular complexity index is 1580. The van der Waals surface area contributed by atoms with Crippen molar-refractivity contribution in [1.29, 1.82) is 0 Å². The van der Waals surface area contributed by atoms with Gasteiger partial charge >= 0.3 is 6.03 Å². The van der Waals surface area contributed by atoms with Gasteiger partial charge in [-0.05, 0) is 67.8 Å². The highest BCUT2D eigenvalue weighted by Gasteiger charge is 2.38. The zero-order valence-electron chi connectivity index (χ0n) is 24.3. The molecule has 1 aliphatic carbocycles. The number of fused-ring (bicyclic) bond motifs is 2. The molecule has 0 unspecified atom stereocenters. The zero-order chi connectivity index (χ0) is 29.2. The Labute approximate surface area is 251 Å². The van der Waals surface area contributed by atoms with Crippen LogP contribution in [0, 0.1) is 12.8 Å². The molecule has 9 heteroatoms. The molecule has 0 saturated heterocycles. The molecule has 0 bridgehead atoms. The molecule has 7 rings (SSSR count). The predicted molar refractivity (Wildman–Crippen MR) is 167 cm³/mol. The van der Waals surface area contributed by atoms with Crippen LogP contribution < -0.4 is 19.7 Å². The van der Waals surface area contributed by atoms with E-state index in [0.717, 1.165) is 52.6 Å². The van der Waals surface area contributed by atoms with Gasteiger partial charge in [-0.2, -0.15) is 5.10 Å². The maximum Gasteiger partial charge on any atom is 0.350 e. The van der Waals surface area contributed by atoms with Crippen LogP contribution in [0.3, 0.4) is 0 Å². The second-order valence-corrected chi connectivity index (χ2v) is 11.5. The molecule has 2 aliphatic heterocycles. The number of carbonyl (C=O) groups excluding carboxylic acids is 1. The molecule has 0 spiro atoms. The third-order valence-corrected chi connectivity index (χ3v) is 8.46. The van der Waals surface area contributed by atoms with Crippen molar-refractivity contribution in [2.24, 2.45) is 11.0 Å². The van der Waals surface area contributed by atoms with Crippen LogP contribution in [-0.2, 0) is 6.54 Å². The van der Waals surface area contributed by atoms with Gasteiger partial charge in [0.25, 0.3) is 0 Å². The summed E-state index contributed by atoms with van der Waals surface area (Å²) in [6.07, 6.45) is 9.24. The van der Waals surface area contributed by atoms with Crippen LogP contribution in [0.15, 0.2) is 84.2 Å². The summed E-state index contributed by atoms with van der Waals surface area (Å²) >= 11 is 0. The van der Waals surface area contributed by atoms with E-state index in [4.69, 9.17) is 14.6 Å². The summed E-state index contributed by atoms with van der Waals surface area (Å²) in [5, 5.41) is 10.2. The molecule has 4 aromatic rings. The van der Waals surface area contributed by atoms with E-state index in [1.165, 1.54) is 19.3 Å². The van der Waals surface area contributed by atoms with Crippen LogP contribution in [0.5, 0.6) is 11.5 Å². The zero-order valence-corrected chi connectivity index (χ0v) is 24.3. The molecular weight excluding hydrogens is 540 g/mol. The molecule has 220 valence electrons. The number of aromatic amines is 1. The number of carbonyl (C=O) groups is 1. The summed E-state index contributed by atoms with van der Waals surface area (Å²) in [6.45, 7) is 3.20. The number of hydrazone groups is 1. The summed E-state index contributed by atoms with van der Waals surface area (Å²) in [4.78, 5) is 23.9. The van der Waals surface area contributed by atoms with Gasteiger partial charge in [-0.15, -0.1) is 0 Å². The van der Waals surface area contributed by atoms with Gasteiger partial charge in [0.15, 0.2) is 11.5 Å². The molecule has 0 atom stereocenters. The van der Waals surface area contributed by atoms with Gasteiger partial charge in [0.2, 0.25) is 0 Å². The summed E-state index contributed by atoms with van der Waals surface area (Å²) in [5.74, 6) is 2.49. The molecule has 43 heavy (non-hydrogen) atoms. The molecule has 3 heterocycles. The monoisotopic (exact) mass is 576 g/mol. The highest BCUT2D eigenvalue weighted by atomic mass is 16.5. The van der Waals surface area contributed by atoms with Gasteiger partial charge in [-0.1, -0.05) is 43.5 Å². The number of ether oxygens (including phenoxy) is 2. The van der Waals surface area contributed by atoms with Crippen molar-refractivity contribution in [3.05, 3.63) is 96.1 Å². The maximum absolute atomic E-state index is 14.7. The van der Waals surface area contributed by atoms with Crippen LogP contribution in [0.2, 0.25) is 0 Å². The third kappa shape index (κ3) is 5.55. The van der Waals surface area contributed by atoms with E-state index in [2.05, 4.69) is 40.4 Å². The molecular formula is C34H36N6O3. The highest BCUT2D eigenvalue weighted by Crippen LogP contribution is 2.39. The van der Waals surface area contributed by atoms with Gasteiger partial charge in [-0.25, -0.2) is 14.8 Å². The number of anilines is 3. The van der Waals surface area contributed by atoms with E-state index in [0.29, 0.717) is 18.0 Å². The third-order valence-electron chi connectivity index (χ3n) is 8.46. The normalized spacial score (nSPS) is 17.6. The number of urea groups is 1. The van der Waals surface area contributed by atoms with E-state index in [1.54, 1.807) is 16.1 Å². The SMILES string of the molecule is Cc1ccc2c(c1)N(c1ccc(NCc3ncc[nH]3)cc1)C(=O)N(C1COc3ccccc3OC1)N=C2C1CCCCC1. The second-order valence-electron chi connectivity index (χ2n) is 11.5. The van der Waals surface area contributed by atoms with Gasteiger partial charge in [0.05, 0.1) is 23.6 Å². The molecule has 2 amide bonds. The minimum Gasteiger partial charge on any atom is -0.487 e. The second kappa shape index (κ2) is 11.8. The minimum absolute atomic E-state index is 0.225. The molecule has 2 N–H and O–H groups in total. The average molecular weight is 577 g/mol. The molecule has 3 aromatic carbocycles. The highest BCUT2D eigenvalue weighted by molar-refractivity contribution is 6.14. The lowest BCUT2D eigenvalue weighted by Crippen LogP contribution is -2.48. The first-order valence-electron chi connectivity index (χ1n) is 15.1. The van der Waals surface area contributed by atoms with Crippen molar-refractivity contribution in [3.63, 3.8) is 0 Å². The van der Waals surface area contributed by atoms with Crippen LogP contribution in [0.1, 0.15) is 49.1 Å². The molecule has 1 saturated carbocycles. The van der Waals surface area contributed by atoms with Gasteiger partial charge < -0.3 is 19.8 Å². The Kier molecular flexibility index (Phi) is 7.45. The van der Waals surface area contributed by atoms with E-state index in [1.807, 2.05) is 54.7 Å². The van der Waals surface area contributed by atoms with Crippen LogP contribution >= 0.6 is 0 Å². The van der Waals surface area contributed by atoms with Crippen molar-refractivity contribution in [3.8, 4) is 11.5 Å². The van der Waals surface area contributed by atoms with Crippen molar-refractivity contribution < 1.29 is 14.3 Å². The number of benzene rings is 3. The number of hydrogen-bond acceptors (Lipinski definition) is 6. The van der Waals surface area contributed by atoms with Crippen molar-refractivity contribution >= 4 is 28.8 Å². The number of H-pyrrole nitrogens is 1. The fourth-order valence-electron chi connectivity index (χ4n) is 6.19. The number of para-hydroxylation sites is 2. The van der Waals surface area contributed by atoms with Crippen LogP contribution in [0.4, 0.5) is 21.9 Å². The smallest absolute Gasteiger partial charge is 0.350 e. The number of amides is 2. The minimum atomic E-state index is -0.411. The first-order valence-corrected chi connectivity index (χ1v) is 15.1. The number of nitrogens with zero attached hydrogens (tertiary/aromatic N) is 4. The lowest BCUT2D eigenvalue weighted by molar-refractivity contribution is 0.130. The van der Waals surface area contributed by atoms with Crippen molar-refractivity contribution in [2.75, 3.05) is 23.4 Å². The predicted octanol–water partition coefficient (Wildman–Crippen LogP) is 7.03. The number of aryl methyl sites for hydroxylation is 1. The first kappa shape index (κ1) is 27.1. The van der Waals surface area contributed by atoms with E-state index >= 15 is 0 Å². The van der Waals surface area contributed by atoms with Gasteiger partial charge in [0.1, 0.15) is 25.1 Å². The summed E-state index contributed by atoms with van der Waals surface area (Å²) in [5.41, 5.74) is 5.62. The standard InChI is InChI=1S/C34H36N6O3/c1-23-11-16-28-29(19-23)39(26-14-12-25(13-15-26)37-20-32-35-17-18-36-32)34(41)40(38-33(28)24-7-3-2-4-8-24)27-21-42-30-9-5-6-10-31(30)43-22-27/h5-6,9-19,24,27,37H,2-4,7-8,20-22H2,1H3,(H,35,36). The van der Waals surface area contributed by atoms with Gasteiger partial charge in [0, 0.05) is 29.6 Å². The number of hydrogen-bond donors (Lipinski definition) is 2. The summed E-state index contributed by atoms with van der Waals surface area (Å²) < 4.78 is 12.3. The average Bonchev–Trinajstić information content (AvgIpc) is 3.43. The fraction of sp³-hybridized carbons (Fsp3) is 0.324. The topological polar surface area (TPSA) is 95.1 Å². The molecule has 3 aliphatic rings. The summed E-state index contributed by atoms with van der Waals surface area (Å²) in [6, 6.07) is 21.3. The van der Waals surface area contributed by atoms with E-state index < -0.39 is 6.04 Å². The Morgan fingerprint density at radius 3 is 2.40 bits per heavy atom. The fourth-order valence-corrected chi connectivity index (χ4v) is 6.19. The van der Waals surface area contributed by atoms with Crippen LogP contribution in [0.25, 0.3) is 0 Å².